The molecule has 0 unspecified atom stereocenters. The number of carbonyl (C=O) groups excluding carboxylic acids is 1. The number of nitrogens with zero attached hydrogens (tertiary/aromatic N) is 4. The molecule has 6 heteroatoms. The van der Waals surface area contributed by atoms with Crippen molar-refractivity contribution in [2.75, 3.05) is 39.3 Å². The fourth-order valence-corrected chi connectivity index (χ4v) is 2.41. The molecule has 0 spiro atoms. The topological polar surface area (TPSA) is 53.4 Å². The molecule has 2 heterocycles. The van der Waals surface area contributed by atoms with Crippen molar-refractivity contribution in [3.63, 3.8) is 0 Å². The van der Waals surface area contributed by atoms with E-state index in [-0.39, 0.29) is 6.03 Å². The van der Waals surface area contributed by atoms with Crippen molar-refractivity contribution < 1.29 is 4.79 Å². The lowest BCUT2D eigenvalue weighted by atomic mass is 10.3. The van der Waals surface area contributed by atoms with Crippen molar-refractivity contribution >= 4 is 6.03 Å². The average molecular weight is 279 g/mol. The molecule has 1 saturated heterocycles. The van der Waals surface area contributed by atoms with Crippen LogP contribution in [0.5, 0.6) is 0 Å². The summed E-state index contributed by atoms with van der Waals surface area (Å²) in [5.74, 6) is 0. The first-order chi connectivity index (χ1) is 9.79. The van der Waals surface area contributed by atoms with Crippen LogP contribution < -0.4 is 5.32 Å². The quantitative estimate of drug-likeness (QED) is 0.791. The Morgan fingerprint density at radius 2 is 2.05 bits per heavy atom. The van der Waals surface area contributed by atoms with Crippen LogP contribution in [-0.4, -0.2) is 64.7 Å². The predicted octanol–water partition coefficient (Wildman–Crippen LogP) is 1.01. The summed E-state index contributed by atoms with van der Waals surface area (Å²) in [6, 6.07) is 0.0865. The maximum Gasteiger partial charge on any atom is 0.317 e. The zero-order valence-electron chi connectivity index (χ0n) is 12.3. The van der Waals surface area contributed by atoms with Gasteiger partial charge in [-0.25, -0.2) is 9.78 Å². The molecule has 0 radical (unpaired) electrons. The average Bonchev–Trinajstić information content (AvgIpc) is 3.00. The van der Waals surface area contributed by atoms with Crippen molar-refractivity contribution in [1.82, 2.24) is 24.7 Å². The number of imidazole rings is 1. The van der Waals surface area contributed by atoms with E-state index < -0.39 is 0 Å². The Kier molecular flexibility index (Phi) is 5.86. The highest BCUT2D eigenvalue weighted by atomic mass is 16.2. The van der Waals surface area contributed by atoms with Gasteiger partial charge in [0.25, 0.3) is 0 Å². The van der Waals surface area contributed by atoms with E-state index in [2.05, 4.69) is 26.7 Å². The maximum atomic E-state index is 12.0. The lowest BCUT2D eigenvalue weighted by molar-refractivity contribution is 0.143. The zero-order chi connectivity index (χ0) is 14.2. The zero-order valence-corrected chi connectivity index (χ0v) is 12.3. The van der Waals surface area contributed by atoms with Crippen molar-refractivity contribution in [3.8, 4) is 0 Å². The van der Waals surface area contributed by atoms with Crippen molar-refractivity contribution in [3.05, 3.63) is 18.7 Å². The van der Waals surface area contributed by atoms with Gasteiger partial charge < -0.3 is 19.7 Å². The van der Waals surface area contributed by atoms with Gasteiger partial charge in [0.15, 0.2) is 0 Å². The summed E-state index contributed by atoms with van der Waals surface area (Å²) in [6.07, 6.45) is 7.63. The van der Waals surface area contributed by atoms with Crippen molar-refractivity contribution in [2.24, 2.45) is 0 Å². The number of amides is 2. The van der Waals surface area contributed by atoms with Gasteiger partial charge in [-0.05, 0) is 19.4 Å². The summed E-state index contributed by atoms with van der Waals surface area (Å²) in [6.45, 7) is 8.62. The Balaban J connectivity index is 1.54. The molecule has 1 N–H and O–H groups in total. The van der Waals surface area contributed by atoms with E-state index in [1.165, 1.54) is 0 Å². The molecule has 0 aliphatic carbocycles. The lowest BCUT2D eigenvalue weighted by Gasteiger charge is -2.34. The summed E-state index contributed by atoms with van der Waals surface area (Å²) >= 11 is 0. The highest BCUT2D eigenvalue weighted by Crippen LogP contribution is 2.01. The number of urea groups is 1. The first-order valence-electron chi connectivity index (χ1n) is 7.50. The van der Waals surface area contributed by atoms with Crippen LogP contribution in [0.25, 0.3) is 0 Å². The van der Waals surface area contributed by atoms with Crippen molar-refractivity contribution in [2.45, 2.75) is 26.3 Å². The molecule has 20 heavy (non-hydrogen) atoms. The van der Waals surface area contributed by atoms with Gasteiger partial charge in [-0.15, -0.1) is 0 Å². The minimum Gasteiger partial charge on any atom is -0.338 e. The number of carbonyl (C=O) groups is 1. The van der Waals surface area contributed by atoms with E-state index in [0.29, 0.717) is 0 Å². The Morgan fingerprint density at radius 1 is 1.25 bits per heavy atom. The molecule has 6 nitrogen and oxygen atoms in total. The fourth-order valence-electron chi connectivity index (χ4n) is 2.41. The normalized spacial score (nSPS) is 16.4. The van der Waals surface area contributed by atoms with Crippen LogP contribution in [-0.2, 0) is 6.54 Å². The first-order valence-corrected chi connectivity index (χ1v) is 7.50. The first kappa shape index (κ1) is 14.8. The van der Waals surface area contributed by atoms with Gasteiger partial charge >= 0.3 is 6.03 Å². The molecule has 0 atom stereocenters. The monoisotopic (exact) mass is 279 g/mol. The summed E-state index contributed by atoms with van der Waals surface area (Å²) < 4.78 is 2.06. The van der Waals surface area contributed by atoms with Gasteiger partial charge in [0.05, 0.1) is 6.33 Å². The smallest absolute Gasteiger partial charge is 0.317 e. The van der Waals surface area contributed by atoms with E-state index in [1.807, 2.05) is 17.4 Å². The number of likely N-dealkylation sites (N-methyl/N-ethyl adjacent to an activating group) is 1. The van der Waals surface area contributed by atoms with Crippen molar-refractivity contribution in [1.29, 1.82) is 0 Å². The van der Waals surface area contributed by atoms with Crippen LogP contribution in [0.1, 0.15) is 19.8 Å². The molecule has 1 aliphatic rings. The van der Waals surface area contributed by atoms with E-state index in [0.717, 1.165) is 58.7 Å². The van der Waals surface area contributed by atoms with E-state index in [9.17, 15) is 4.79 Å². The number of aromatic nitrogens is 2. The molecule has 112 valence electrons. The fraction of sp³-hybridized carbons (Fsp3) is 0.714. The molecular formula is C14H25N5O. The Bertz CT molecular complexity index is 384. The molecule has 0 saturated carbocycles. The van der Waals surface area contributed by atoms with Gasteiger partial charge in [0.2, 0.25) is 0 Å². The summed E-state index contributed by atoms with van der Waals surface area (Å²) in [4.78, 5) is 20.3. The van der Waals surface area contributed by atoms with Gasteiger partial charge in [-0.3, -0.25) is 0 Å². The van der Waals surface area contributed by atoms with Crippen LogP contribution in [0.4, 0.5) is 4.79 Å². The molecule has 1 fully saturated rings. The highest BCUT2D eigenvalue weighted by Gasteiger charge is 2.19. The molecule has 1 aliphatic heterocycles. The van der Waals surface area contributed by atoms with Crippen LogP contribution in [0.15, 0.2) is 18.7 Å². The number of hydrogen-bond acceptors (Lipinski definition) is 3. The number of unbranched alkanes of at least 4 members (excludes halogenated alkanes) is 1. The number of rotatable bonds is 6. The number of piperazine rings is 1. The summed E-state index contributed by atoms with van der Waals surface area (Å²) in [5, 5.41) is 3.01. The van der Waals surface area contributed by atoms with Crippen LogP contribution in [0.2, 0.25) is 0 Å². The molecule has 1 aromatic rings. The summed E-state index contributed by atoms with van der Waals surface area (Å²) in [5.41, 5.74) is 0. The van der Waals surface area contributed by atoms with Gasteiger partial charge in [-0.1, -0.05) is 6.92 Å². The second-order valence-corrected chi connectivity index (χ2v) is 5.16. The number of hydrogen-bond donors (Lipinski definition) is 1. The van der Waals surface area contributed by atoms with Crippen LogP contribution in [0.3, 0.4) is 0 Å². The standard InChI is InChI=1S/C14H25N5O/c1-2-17-9-11-19(12-10-17)14(20)16-5-3-4-7-18-8-6-15-13-18/h6,8,13H,2-5,7,9-12H2,1H3,(H,16,20). The highest BCUT2D eigenvalue weighted by molar-refractivity contribution is 5.74. The van der Waals surface area contributed by atoms with E-state index >= 15 is 0 Å². The molecule has 0 aromatic carbocycles. The van der Waals surface area contributed by atoms with E-state index in [1.54, 1.807) is 6.20 Å². The van der Waals surface area contributed by atoms with Gasteiger partial charge in [0.1, 0.15) is 0 Å². The molecule has 1 aromatic heterocycles. The third-order valence-electron chi connectivity index (χ3n) is 3.79. The Morgan fingerprint density at radius 3 is 2.70 bits per heavy atom. The maximum absolute atomic E-state index is 12.0. The second kappa shape index (κ2) is 7.89. The Labute approximate surface area is 120 Å². The van der Waals surface area contributed by atoms with Gasteiger partial charge in [0, 0.05) is 51.7 Å². The minimum atomic E-state index is 0.0865. The third-order valence-corrected chi connectivity index (χ3v) is 3.79. The molecular weight excluding hydrogens is 254 g/mol. The molecule has 0 bridgehead atoms. The SMILES string of the molecule is CCN1CCN(C(=O)NCCCCn2ccnc2)CC1. The third kappa shape index (κ3) is 4.52. The predicted molar refractivity (Wildman–Crippen MR) is 78.5 cm³/mol. The Hall–Kier alpha value is -1.56. The minimum absolute atomic E-state index is 0.0865. The summed E-state index contributed by atoms with van der Waals surface area (Å²) in [7, 11) is 0. The number of nitrogens with one attached hydrogen (secondary N) is 1. The lowest BCUT2D eigenvalue weighted by Crippen LogP contribution is -2.51. The van der Waals surface area contributed by atoms with E-state index in [4.69, 9.17) is 0 Å². The van der Waals surface area contributed by atoms with Crippen LogP contribution in [0, 0.1) is 0 Å². The van der Waals surface area contributed by atoms with Gasteiger partial charge in [-0.2, -0.15) is 0 Å². The molecule has 2 amide bonds. The second-order valence-electron chi connectivity index (χ2n) is 5.16. The van der Waals surface area contributed by atoms with Crippen LogP contribution >= 0.6 is 0 Å². The number of aryl methyl sites for hydroxylation is 1. The molecule has 2 rings (SSSR count). The largest absolute Gasteiger partial charge is 0.338 e.